The molecule has 0 saturated carbocycles. The first-order valence-corrected chi connectivity index (χ1v) is 16.6. The van der Waals surface area contributed by atoms with Crippen molar-refractivity contribution in [2.45, 2.75) is 67.6 Å². The molecule has 0 spiro atoms. The molecule has 2 aromatic carbocycles. The molecule has 0 radical (unpaired) electrons. The first-order chi connectivity index (χ1) is 25.7. The fourth-order valence-corrected chi connectivity index (χ4v) is 7.15. The first-order valence-electron chi connectivity index (χ1n) is 16.6. The molecule has 3 aliphatic heterocycles. The van der Waals surface area contributed by atoms with Gasteiger partial charge in [-0.15, -0.1) is 0 Å². The van der Waals surface area contributed by atoms with Gasteiger partial charge in [-0.2, -0.15) is 0 Å². The highest BCUT2D eigenvalue weighted by Crippen LogP contribution is 2.54. The molecule has 3 heterocycles. The van der Waals surface area contributed by atoms with Gasteiger partial charge < -0.3 is 78.4 Å². The Morgan fingerprint density at radius 1 is 0.926 bits per heavy atom. The maximum absolute atomic E-state index is 14.6. The van der Waals surface area contributed by atoms with Crippen molar-refractivity contribution in [2.75, 3.05) is 41.2 Å². The van der Waals surface area contributed by atoms with E-state index in [1.807, 2.05) is 0 Å². The van der Waals surface area contributed by atoms with Crippen molar-refractivity contribution in [1.29, 1.82) is 0 Å². The molecule has 6 rings (SSSR count). The Labute approximate surface area is 306 Å². The number of aromatic hydroxyl groups is 2. The minimum absolute atomic E-state index is 0.0156. The Morgan fingerprint density at radius 3 is 2.30 bits per heavy atom. The minimum atomic E-state index is -2.56. The SMILES string of the molecule is COc1cc([C@@H]2c3c(cc(OC)c(O)c3OC)C=C3C(=O)OC[C@H]4O[C@@](CO)(O[C@H]5O[C@H](COC(C)=O)[C@@H](O)[C@H](O)[C@H]5O)[C@@H](OC(=O)[C@H]32)[C@@H]4O)ccc1O. The second-order valence-corrected chi connectivity index (χ2v) is 13.0. The number of esters is 3. The Balaban J connectivity index is 1.45. The number of fused-ring (bicyclic) bond motifs is 4. The number of hydrogen-bond acceptors (Lipinski definition) is 19. The standard InChI is InChI=1S/C35H40O19/c1-13(37)49-10-20-25(39)28(42)29(43)34(51-20)54-35(12-36)31-27(41)21(53-35)11-50-32(44)16-7-15-9-19(47-3)26(40)30(48-4)23(15)22(24(16)33(45)52-31)14-5-6-17(38)18(8-14)46-2/h5-9,20-22,24-25,27-29,31,34,36,38-43H,10-12H2,1-4H3/t20-,21-,22-,24-,25-,27-,28+,29-,31+,34-,35+/m1/s1. The van der Waals surface area contributed by atoms with Gasteiger partial charge in [0.05, 0.1) is 26.9 Å². The third-order valence-electron chi connectivity index (χ3n) is 9.81. The number of carbonyl (C=O) groups excluding carboxylic acids is 3. The number of methoxy groups -OCH3 is 3. The van der Waals surface area contributed by atoms with Crippen molar-refractivity contribution in [1.82, 2.24) is 0 Å². The van der Waals surface area contributed by atoms with E-state index in [1.54, 1.807) is 0 Å². The number of rotatable bonds is 9. The number of carbonyl (C=O) groups is 3. The van der Waals surface area contributed by atoms with Crippen molar-refractivity contribution < 1.29 is 92.8 Å². The molecule has 11 atom stereocenters. The Morgan fingerprint density at radius 2 is 1.65 bits per heavy atom. The molecule has 2 bridgehead atoms. The number of aliphatic hydroxyl groups excluding tert-OH is 5. The zero-order chi connectivity index (χ0) is 39.2. The van der Waals surface area contributed by atoms with Crippen LogP contribution in [0.1, 0.15) is 29.5 Å². The number of cyclic esters (lactones) is 1. The van der Waals surface area contributed by atoms with Crippen LogP contribution in [0.25, 0.3) is 6.08 Å². The van der Waals surface area contributed by atoms with Gasteiger partial charge in [0, 0.05) is 18.4 Å². The summed E-state index contributed by atoms with van der Waals surface area (Å²) in [6.07, 6.45) is -13.1. The predicted molar refractivity (Wildman–Crippen MR) is 175 cm³/mol. The number of benzene rings is 2. The average Bonchev–Trinajstić information content (AvgIpc) is 3.40. The number of hydrogen-bond donors (Lipinski definition) is 7. The Bertz CT molecular complexity index is 1810. The molecule has 4 aliphatic rings. The number of ether oxygens (including phenoxy) is 9. The largest absolute Gasteiger partial charge is 0.504 e. The molecule has 54 heavy (non-hydrogen) atoms. The summed E-state index contributed by atoms with van der Waals surface area (Å²) in [5.41, 5.74) is 0.450. The van der Waals surface area contributed by atoms with Crippen molar-refractivity contribution in [2.24, 2.45) is 5.92 Å². The summed E-state index contributed by atoms with van der Waals surface area (Å²) >= 11 is 0. The average molecular weight is 765 g/mol. The van der Waals surface area contributed by atoms with E-state index in [-0.39, 0.29) is 45.3 Å². The van der Waals surface area contributed by atoms with E-state index in [1.165, 1.54) is 51.7 Å². The lowest BCUT2D eigenvalue weighted by Crippen LogP contribution is -2.63. The lowest BCUT2D eigenvalue weighted by molar-refractivity contribution is -0.383. The van der Waals surface area contributed by atoms with Crippen LogP contribution in [0, 0.1) is 5.92 Å². The van der Waals surface area contributed by atoms with Crippen molar-refractivity contribution in [3.8, 4) is 28.7 Å². The van der Waals surface area contributed by atoms with Gasteiger partial charge in [-0.3, -0.25) is 9.59 Å². The summed E-state index contributed by atoms with van der Waals surface area (Å²) in [5.74, 6) is -9.35. The summed E-state index contributed by atoms with van der Waals surface area (Å²) in [6.45, 7) is -1.35. The van der Waals surface area contributed by atoms with Gasteiger partial charge in [0.1, 0.15) is 62.4 Å². The maximum atomic E-state index is 14.6. The van der Waals surface area contributed by atoms with Gasteiger partial charge in [0.2, 0.25) is 11.5 Å². The van der Waals surface area contributed by atoms with E-state index in [0.717, 1.165) is 6.92 Å². The van der Waals surface area contributed by atoms with Gasteiger partial charge >= 0.3 is 17.9 Å². The molecule has 19 nitrogen and oxygen atoms in total. The second kappa shape index (κ2) is 15.2. The van der Waals surface area contributed by atoms with Crippen LogP contribution in [0.3, 0.4) is 0 Å². The van der Waals surface area contributed by atoms with Crippen LogP contribution in [0.4, 0.5) is 0 Å². The van der Waals surface area contributed by atoms with Gasteiger partial charge in [-0.25, -0.2) is 4.79 Å². The molecule has 294 valence electrons. The highest BCUT2D eigenvalue weighted by atomic mass is 16.8. The van der Waals surface area contributed by atoms with Crippen LogP contribution in [0.5, 0.6) is 28.7 Å². The molecular formula is C35H40O19. The molecule has 2 aromatic rings. The molecule has 19 heteroatoms. The molecular weight excluding hydrogens is 724 g/mol. The van der Waals surface area contributed by atoms with Crippen LogP contribution in [0.2, 0.25) is 0 Å². The maximum Gasteiger partial charge on any atom is 0.335 e. The second-order valence-electron chi connectivity index (χ2n) is 13.0. The van der Waals surface area contributed by atoms with Gasteiger partial charge in [0.15, 0.2) is 35.4 Å². The predicted octanol–water partition coefficient (Wildman–Crippen LogP) is -1.43. The molecule has 0 unspecified atom stereocenters. The van der Waals surface area contributed by atoms with E-state index in [0.29, 0.717) is 0 Å². The number of phenolic OH excluding ortho intramolecular Hbond substituents is 2. The summed E-state index contributed by atoms with van der Waals surface area (Å²) < 4.78 is 50.0. The first kappa shape index (κ1) is 39.0. The highest BCUT2D eigenvalue weighted by molar-refractivity contribution is 6.02. The normalized spacial score (nSPS) is 33.3. The summed E-state index contributed by atoms with van der Waals surface area (Å²) in [5, 5.41) is 75.6. The zero-order valence-electron chi connectivity index (χ0n) is 29.3. The van der Waals surface area contributed by atoms with Crippen LogP contribution >= 0.6 is 0 Å². The van der Waals surface area contributed by atoms with Gasteiger partial charge in [-0.05, 0) is 35.4 Å². The lowest BCUT2D eigenvalue weighted by atomic mass is 9.70. The topological polar surface area (TPSA) is 276 Å². The Hall–Kier alpha value is -4.73. The van der Waals surface area contributed by atoms with E-state index >= 15 is 0 Å². The number of aliphatic hydroxyl groups is 5. The van der Waals surface area contributed by atoms with Crippen LogP contribution in [0.15, 0.2) is 29.8 Å². The van der Waals surface area contributed by atoms with Gasteiger partial charge in [0.25, 0.3) is 0 Å². The van der Waals surface area contributed by atoms with Crippen molar-refractivity contribution >= 4 is 24.0 Å². The molecule has 7 N–H and O–H groups in total. The summed E-state index contributed by atoms with van der Waals surface area (Å²) in [7, 11) is 3.85. The lowest BCUT2D eigenvalue weighted by Gasteiger charge is -2.44. The van der Waals surface area contributed by atoms with Crippen LogP contribution in [-0.4, -0.2) is 150 Å². The smallest absolute Gasteiger partial charge is 0.335 e. The van der Waals surface area contributed by atoms with Crippen LogP contribution in [-0.2, 0) is 42.8 Å². The molecule has 3 fully saturated rings. The zero-order valence-corrected chi connectivity index (χ0v) is 29.3. The summed E-state index contributed by atoms with van der Waals surface area (Å²) in [6, 6.07) is 5.52. The number of phenols is 2. The monoisotopic (exact) mass is 764 g/mol. The van der Waals surface area contributed by atoms with E-state index in [2.05, 4.69) is 0 Å². The molecule has 0 amide bonds. The summed E-state index contributed by atoms with van der Waals surface area (Å²) in [4.78, 5) is 40.0. The van der Waals surface area contributed by atoms with E-state index in [4.69, 9.17) is 42.6 Å². The van der Waals surface area contributed by atoms with Crippen molar-refractivity contribution in [3.05, 3.63) is 46.5 Å². The Kier molecular flexibility index (Phi) is 11.0. The molecule has 3 saturated heterocycles. The van der Waals surface area contributed by atoms with Gasteiger partial charge in [-0.1, -0.05) is 6.07 Å². The third kappa shape index (κ3) is 6.66. The molecule has 0 aromatic heterocycles. The minimum Gasteiger partial charge on any atom is -0.504 e. The third-order valence-corrected chi connectivity index (χ3v) is 9.81. The van der Waals surface area contributed by atoms with Crippen LogP contribution < -0.4 is 14.2 Å². The fraction of sp³-hybridized carbons (Fsp3) is 0.514. The molecule has 1 aliphatic carbocycles. The van der Waals surface area contributed by atoms with E-state index in [9.17, 15) is 50.1 Å². The quantitative estimate of drug-likeness (QED) is 0.114. The highest BCUT2D eigenvalue weighted by Gasteiger charge is 2.62. The van der Waals surface area contributed by atoms with Crippen molar-refractivity contribution in [3.63, 3.8) is 0 Å². The van der Waals surface area contributed by atoms with E-state index < -0.39 is 110 Å². The fourth-order valence-electron chi connectivity index (χ4n) is 7.15.